The molecule has 0 N–H and O–H groups in total. The molecule has 0 aromatic heterocycles. The average molecular weight is 471 g/mol. The lowest BCUT2D eigenvalue weighted by atomic mass is 9.86. The number of aryl methyl sites for hydroxylation is 2. The summed E-state index contributed by atoms with van der Waals surface area (Å²) < 4.78 is 0. The Morgan fingerprint density at radius 1 is 0.618 bits per heavy atom. The molecule has 1 aliphatic rings. The third-order valence-electron chi connectivity index (χ3n) is 7.61. The number of hydrogen-bond acceptors (Lipinski definition) is 0. The van der Waals surface area contributed by atoms with E-state index < -0.39 is 0 Å². The smallest absolute Gasteiger partial charge is 0.0137 e. The largest absolute Gasteiger partial charge is 0.0753 e. The van der Waals surface area contributed by atoms with E-state index in [2.05, 4.69) is 81.4 Å². The fourth-order valence-corrected chi connectivity index (χ4v) is 8.15. The number of hydrogen-bond donors (Lipinski definition) is 0. The van der Waals surface area contributed by atoms with Crippen LogP contribution in [-0.2, 0) is 6.42 Å². The van der Waals surface area contributed by atoms with Gasteiger partial charge in [-0.05, 0) is 108 Å². The van der Waals surface area contributed by atoms with E-state index in [0.717, 1.165) is 0 Å². The third-order valence-corrected chi connectivity index (χ3v) is 10.3. The van der Waals surface area contributed by atoms with Gasteiger partial charge >= 0.3 is 0 Å². The van der Waals surface area contributed by atoms with Gasteiger partial charge in [0, 0.05) is 0 Å². The van der Waals surface area contributed by atoms with E-state index in [1.807, 2.05) is 0 Å². The predicted molar refractivity (Wildman–Crippen MR) is 154 cm³/mol. The lowest BCUT2D eigenvalue weighted by molar-refractivity contribution is 0.608. The molecule has 3 aromatic carbocycles. The van der Waals surface area contributed by atoms with E-state index in [1.165, 1.54) is 110 Å². The van der Waals surface area contributed by atoms with Crippen LogP contribution in [-0.4, -0.2) is 12.3 Å². The summed E-state index contributed by atoms with van der Waals surface area (Å²) in [5.74, 6) is 0. The molecule has 0 amide bonds. The van der Waals surface area contributed by atoms with Gasteiger partial charge in [0.2, 0.25) is 0 Å². The lowest BCUT2D eigenvalue weighted by Crippen LogP contribution is -2.13. The number of benzene rings is 3. The number of rotatable bonds is 10. The van der Waals surface area contributed by atoms with Crippen molar-refractivity contribution >= 4 is 13.2 Å². The summed E-state index contributed by atoms with van der Waals surface area (Å²) in [6.07, 6.45) is 16.3. The van der Waals surface area contributed by atoms with Crippen LogP contribution in [0.4, 0.5) is 0 Å². The van der Waals surface area contributed by atoms with Gasteiger partial charge in [0.05, 0.1) is 0 Å². The van der Waals surface area contributed by atoms with Crippen molar-refractivity contribution < 1.29 is 0 Å². The Morgan fingerprint density at radius 2 is 1.15 bits per heavy atom. The Morgan fingerprint density at radius 3 is 1.71 bits per heavy atom. The highest BCUT2D eigenvalue weighted by atomic mass is 31.1. The van der Waals surface area contributed by atoms with Crippen molar-refractivity contribution in [1.29, 1.82) is 0 Å². The van der Waals surface area contributed by atoms with E-state index in [1.54, 1.807) is 10.9 Å². The molecule has 4 rings (SSSR count). The Kier molecular flexibility index (Phi) is 9.41. The fraction of sp³-hybridized carbons (Fsp3) is 0.455. The molecule has 0 nitrogen and oxygen atoms in total. The zero-order valence-electron chi connectivity index (χ0n) is 21.7. The molecule has 180 valence electrons. The van der Waals surface area contributed by atoms with E-state index in [9.17, 15) is 0 Å². The molecule has 0 unspecified atom stereocenters. The van der Waals surface area contributed by atoms with Crippen LogP contribution in [0.3, 0.4) is 0 Å². The fourth-order valence-electron chi connectivity index (χ4n) is 5.57. The molecule has 1 heteroatoms. The maximum Gasteiger partial charge on any atom is -0.0137 e. The standard InChI is InChI=1S/C33H43P/c1-4-5-6-7-8-10-21-31-32(29-19-13-11-17-26(29)2)24-28(34-22-15-9-16-23-34)25-33(31)30-20-14-12-18-27(30)3/h11-14,17-20,24-25H,4-10,15-16,21-23H2,1-3H3. The maximum atomic E-state index is 2.62. The van der Waals surface area contributed by atoms with E-state index in [4.69, 9.17) is 0 Å². The second-order valence-corrected chi connectivity index (χ2v) is 12.7. The molecule has 1 saturated heterocycles. The highest BCUT2D eigenvalue weighted by Gasteiger charge is 2.21. The van der Waals surface area contributed by atoms with E-state index in [0.29, 0.717) is 0 Å². The molecule has 1 fully saturated rings. The Bertz CT molecular complexity index is 991. The molecular formula is C33H43P. The summed E-state index contributed by atoms with van der Waals surface area (Å²) in [6.45, 7) is 6.88. The molecule has 3 aromatic rings. The zero-order chi connectivity index (χ0) is 23.8. The van der Waals surface area contributed by atoms with Crippen LogP contribution in [0.25, 0.3) is 22.3 Å². The summed E-state index contributed by atoms with van der Waals surface area (Å²) in [5.41, 5.74) is 10.3. The summed E-state index contributed by atoms with van der Waals surface area (Å²) in [5, 5.41) is 1.64. The Hall–Kier alpha value is -1.91. The van der Waals surface area contributed by atoms with Gasteiger partial charge in [0.1, 0.15) is 0 Å². The van der Waals surface area contributed by atoms with Crippen molar-refractivity contribution in [3.63, 3.8) is 0 Å². The quantitative estimate of drug-likeness (QED) is 0.204. The van der Waals surface area contributed by atoms with Crippen molar-refractivity contribution in [1.82, 2.24) is 0 Å². The van der Waals surface area contributed by atoms with Crippen LogP contribution in [0.1, 0.15) is 81.4 Å². The number of unbranched alkanes of at least 4 members (excludes halogenated alkanes) is 5. The first kappa shape index (κ1) is 25.2. The minimum Gasteiger partial charge on any atom is -0.0753 e. The van der Waals surface area contributed by atoms with E-state index >= 15 is 0 Å². The molecule has 0 saturated carbocycles. The second kappa shape index (κ2) is 12.7. The van der Waals surface area contributed by atoms with Crippen LogP contribution < -0.4 is 5.30 Å². The van der Waals surface area contributed by atoms with Crippen LogP contribution in [0.2, 0.25) is 0 Å². The Labute approximate surface area is 210 Å². The molecule has 34 heavy (non-hydrogen) atoms. The first-order valence-electron chi connectivity index (χ1n) is 13.7. The Balaban J connectivity index is 1.81. The molecule has 0 bridgehead atoms. The molecule has 1 aliphatic heterocycles. The van der Waals surface area contributed by atoms with Crippen molar-refractivity contribution in [3.05, 3.63) is 77.4 Å². The monoisotopic (exact) mass is 470 g/mol. The normalized spacial score (nSPS) is 14.4. The van der Waals surface area contributed by atoms with Crippen molar-refractivity contribution in [3.8, 4) is 22.3 Å². The van der Waals surface area contributed by atoms with Crippen molar-refractivity contribution in [2.45, 2.75) is 85.0 Å². The minimum atomic E-state index is -0.0346. The van der Waals surface area contributed by atoms with Gasteiger partial charge in [0.25, 0.3) is 0 Å². The maximum absolute atomic E-state index is 2.62. The first-order chi connectivity index (χ1) is 16.7. The van der Waals surface area contributed by atoms with Gasteiger partial charge in [0.15, 0.2) is 0 Å². The summed E-state index contributed by atoms with van der Waals surface area (Å²) >= 11 is 0. The minimum absolute atomic E-state index is 0.0346. The topological polar surface area (TPSA) is 0 Å². The van der Waals surface area contributed by atoms with Gasteiger partial charge in [-0.2, -0.15) is 0 Å². The third kappa shape index (κ3) is 6.20. The lowest BCUT2D eigenvalue weighted by Gasteiger charge is -2.26. The van der Waals surface area contributed by atoms with Crippen molar-refractivity contribution in [2.24, 2.45) is 0 Å². The molecule has 0 spiro atoms. The predicted octanol–water partition coefficient (Wildman–Crippen LogP) is 9.83. The van der Waals surface area contributed by atoms with Gasteiger partial charge < -0.3 is 0 Å². The highest BCUT2D eigenvalue weighted by molar-refractivity contribution is 7.65. The van der Waals surface area contributed by atoms with Crippen molar-refractivity contribution in [2.75, 3.05) is 12.3 Å². The van der Waals surface area contributed by atoms with Gasteiger partial charge in [-0.25, -0.2) is 0 Å². The van der Waals surface area contributed by atoms with Crippen LogP contribution in [0.5, 0.6) is 0 Å². The molecule has 0 aliphatic carbocycles. The van der Waals surface area contributed by atoms with Crippen LogP contribution in [0.15, 0.2) is 60.7 Å². The summed E-state index contributed by atoms with van der Waals surface area (Å²) in [7, 11) is -0.0346. The summed E-state index contributed by atoms with van der Waals surface area (Å²) in [4.78, 5) is 0. The van der Waals surface area contributed by atoms with Crippen LogP contribution in [0, 0.1) is 13.8 Å². The van der Waals surface area contributed by atoms with Gasteiger partial charge in [-0.3, -0.25) is 0 Å². The molecular weight excluding hydrogens is 427 g/mol. The van der Waals surface area contributed by atoms with Crippen LogP contribution >= 0.6 is 7.92 Å². The first-order valence-corrected chi connectivity index (χ1v) is 15.4. The molecule has 0 radical (unpaired) electrons. The molecule has 0 atom stereocenters. The average Bonchev–Trinajstić information content (AvgIpc) is 2.87. The molecule has 1 heterocycles. The summed E-state index contributed by atoms with van der Waals surface area (Å²) in [6, 6.07) is 23.3. The zero-order valence-corrected chi connectivity index (χ0v) is 22.6. The highest BCUT2D eigenvalue weighted by Crippen LogP contribution is 2.44. The van der Waals surface area contributed by atoms with Gasteiger partial charge in [-0.1, -0.05) is 102 Å². The van der Waals surface area contributed by atoms with Gasteiger partial charge in [-0.15, -0.1) is 0 Å². The second-order valence-electron chi connectivity index (χ2n) is 10.2. The SMILES string of the molecule is CCCCCCCCc1c(-c2ccccc2C)cc(P2CCCCC2)cc1-c1ccccc1C. The van der Waals surface area contributed by atoms with E-state index in [-0.39, 0.29) is 7.92 Å².